The smallest absolute Gasteiger partial charge is 0.279 e. The molecule has 2 amide bonds. The highest BCUT2D eigenvalue weighted by Crippen LogP contribution is 2.21. The third-order valence-electron chi connectivity index (χ3n) is 4.82. The topological polar surface area (TPSA) is 74.8 Å². The SMILES string of the molecule is Cc1ccc(NC(=O)C[C@@H]2[NH2+][C@H]3CCCC[C@H]3NC2=O)cc1Cl. The van der Waals surface area contributed by atoms with Crippen molar-refractivity contribution < 1.29 is 14.9 Å². The number of aryl methyl sites for hydroxylation is 1. The molecule has 3 rings (SSSR count). The van der Waals surface area contributed by atoms with Crippen molar-refractivity contribution in [2.45, 2.75) is 57.2 Å². The highest BCUT2D eigenvalue weighted by atomic mass is 35.5. The molecule has 6 heteroatoms. The molecule has 4 N–H and O–H groups in total. The number of piperazine rings is 1. The first-order valence-electron chi connectivity index (χ1n) is 8.24. The van der Waals surface area contributed by atoms with E-state index in [2.05, 4.69) is 16.0 Å². The third kappa shape index (κ3) is 3.85. The maximum atomic E-state index is 12.2. The van der Waals surface area contributed by atoms with Gasteiger partial charge >= 0.3 is 0 Å². The molecular weight excluding hydrogens is 314 g/mol. The average Bonchev–Trinajstić information content (AvgIpc) is 2.51. The second kappa shape index (κ2) is 6.89. The van der Waals surface area contributed by atoms with Crippen LogP contribution in [0.1, 0.15) is 37.7 Å². The molecule has 1 saturated carbocycles. The Morgan fingerprint density at radius 2 is 2.17 bits per heavy atom. The standard InChI is InChI=1S/C17H22ClN3O2/c1-10-6-7-11(8-12(10)18)19-16(22)9-15-17(23)21-14-5-3-2-4-13(14)20-15/h6-8,13-15,20H,2-5,9H2,1H3,(H,19,22)(H,21,23)/p+1/t13-,14+,15-/m0/s1. The fourth-order valence-electron chi connectivity index (χ4n) is 3.49. The monoisotopic (exact) mass is 336 g/mol. The second-order valence-corrected chi connectivity index (χ2v) is 6.99. The summed E-state index contributed by atoms with van der Waals surface area (Å²) in [7, 11) is 0. The van der Waals surface area contributed by atoms with Crippen LogP contribution < -0.4 is 16.0 Å². The molecule has 124 valence electrons. The molecule has 2 aliphatic rings. The zero-order valence-electron chi connectivity index (χ0n) is 13.3. The van der Waals surface area contributed by atoms with Crippen LogP contribution in [0.5, 0.6) is 0 Å². The molecule has 2 fully saturated rings. The minimum absolute atomic E-state index is 0.0229. The molecule has 0 spiro atoms. The fourth-order valence-corrected chi connectivity index (χ4v) is 3.67. The first-order valence-corrected chi connectivity index (χ1v) is 8.62. The lowest BCUT2D eigenvalue weighted by Crippen LogP contribution is -3.03. The summed E-state index contributed by atoms with van der Waals surface area (Å²) in [5.74, 6) is -0.180. The first kappa shape index (κ1) is 16.3. The van der Waals surface area contributed by atoms with Crippen LogP contribution in [0, 0.1) is 6.92 Å². The van der Waals surface area contributed by atoms with Crippen molar-refractivity contribution >= 4 is 29.1 Å². The maximum Gasteiger partial charge on any atom is 0.279 e. The van der Waals surface area contributed by atoms with Crippen molar-refractivity contribution in [1.29, 1.82) is 0 Å². The molecule has 1 aliphatic heterocycles. The number of rotatable bonds is 3. The van der Waals surface area contributed by atoms with Gasteiger partial charge in [0.25, 0.3) is 5.91 Å². The van der Waals surface area contributed by atoms with Gasteiger partial charge in [0.15, 0.2) is 6.04 Å². The number of quaternary nitrogens is 1. The third-order valence-corrected chi connectivity index (χ3v) is 5.23. The predicted octanol–water partition coefficient (Wildman–Crippen LogP) is 1.35. The van der Waals surface area contributed by atoms with Crippen LogP contribution in [0.3, 0.4) is 0 Å². The van der Waals surface area contributed by atoms with Gasteiger partial charge in [0.1, 0.15) is 6.04 Å². The molecule has 0 unspecified atom stereocenters. The summed E-state index contributed by atoms with van der Waals surface area (Å²) in [6, 6.07) is 5.76. The first-order chi connectivity index (χ1) is 11.0. The van der Waals surface area contributed by atoms with E-state index in [1.807, 2.05) is 19.1 Å². The summed E-state index contributed by atoms with van der Waals surface area (Å²) < 4.78 is 0. The van der Waals surface area contributed by atoms with E-state index in [-0.39, 0.29) is 30.3 Å². The molecule has 1 saturated heterocycles. The molecule has 23 heavy (non-hydrogen) atoms. The molecule has 1 heterocycles. The van der Waals surface area contributed by atoms with Crippen molar-refractivity contribution in [2.75, 3.05) is 5.32 Å². The highest BCUT2D eigenvalue weighted by Gasteiger charge is 2.40. The molecule has 0 radical (unpaired) electrons. The van der Waals surface area contributed by atoms with E-state index in [4.69, 9.17) is 11.6 Å². The van der Waals surface area contributed by atoms with Crippen molar-refractivity contribution in [3.63, 3.8) is 0 Å². The van der Waals surface area contributed by atoms with Crippen molar-refractivity contribution in [3.8, 4) is 0 Å². The zero-order valence-corrected chi connectivity index (χ0v) is 14.0. The Hall–Kier alpha value is -1.59. The van der Waals surface area contributed by atoms with E-state index in [1.165, 1.54) is 12.8 Å². The quantitative estimate of drug-likeness (QED) is 0.779. The predicted molar refractivity (Wildman–Crippen MR) is 89.3 cm³/mol. The lowest BCUT2D eigenvalue weighted by molar-refractivity contribution is -0.718. The van der Waals surface area contributed by atoms with Gasteiger partial charge in [-0.05, 0) is 37.5 Å². The largest absolute Gasteiger partial charge is 0.342 e. The van der Waals surface area contributed by atoms with E-state index in [9.17, 15) is 9.59 Å². The molecule has 1 aromatic carbocycles. The Balaban J connectivity index is 1.58. The number of nitrogens with two attached hydrogens (primary N) is 1. The van der Waals surface area contributed by atoms with E-state index in [1.54, 1.807) is 6.07 Å². The van der Waals surface area contributed by atoms with Crippen LogP contribution in [-0.4, -0.2) is 29.9 Å². The van der Waals surface area contributed by atoms with Crippen molar-refractivity contribution in [2.24, 2.45) is 0 Å². The van der Waals surface area contributed by atoms with Gasteiger partial charge in [-0.1, -0.05) is 24.1 Å². The van der Waals surface area contributed by atoms with E-state index in [0.717, 1.165) is 18.4 Å². The number of fused-ring (bicyclic) bond motifs is 1. The minimum atomic E-state index is -0.338. The van der Waals surface area contributed by atoms with Crippen LogP contribution in [0.15, 0.2) is 18.2 Å². The fraction of sp³-hybridized carbons (Fsp3) is 0.529. The molecule has 5 nitrogen and oxygen atoms in total. The number of carbonyl (C=O) groups is 2. The lowest BCUT2D eigenvalue weighted by atomic mass is 9.87. The Morgan fingerprint density at radius 1 is 1.39 bits per heavy atom. The number of halogens is 1. The van der Waals surface area contributed by atoms with E-state index in [0.29, 0.717) is 16.8 Å². The molecule has 0 bridgehead atoms. The van der Waals surface area contributed by atoms with Crippen molar-refractivity contribution in [1.82, 2.24) is 5.32 Å². The Kier molecular flexibility index (Phi) is 4.87. The Bertz CT molecular complexity index is 620. The van der Waals surface area contributed by atoms with Crippen molar-refractivity contribution in [3.05, 3.63) is 28.8 Å². The second-order valence-electron chi connectivity index (χ2n) is 6.58. The van der Waals surface area contributed by atoms with E-state index < -0.39 is 0 Å². The Labute approximate surface area is 141 Å². The molecule has 3 atom stereocenters. The summed E-state index contributed by atoms with van der Waals surface area (Å²) in [6.07, 6.45) is 4.72. The number of hydrogen-bond donors (Lipinski definition) is 3. The van der Waals surface area contributed by atoms with Gasteiger partial charge in [0.05, 0.1) is 12.5 Å². The lowest BCUT2D eigenvalue weighted by Gasteiger charge is -2.37. The summed E-state index contributed by atoms with van der Waals surface area (Å²) in [5.41, 5.74) is 1.63. The molecule has 1 aliphatic carbocycles. The van der Waals surface area contributed by atoms with Gasteiger partial charge in [-0.3, -0.25) is 9.59 Å². The zero-order chi connectivity index (χ0) is 16.4. The van der Waals surface area contributed by atoms with E-state index >= 15 is 0 Å². The summed E-state index contributed by atoms with van der Waals surface area (Å²) in [5, 5.41) is 8.62. The number of carbonyl (C=O) groups excluding carboxylic acids is 2. The molecule has 0 aromatic heterocycles. The normalized spacial score (nSPS) is 27.0. The number of nitrogens with one attached hydrogen (secondary N) is 2. The number of amides is 2. The summed E-state index contributed by atoms with van der Waals surface area (Å²) in [6.45, 7) is 1.91. The van der Waals surface area contributed by atoms with Gasteiger partial charge in [-0.2, -0.15) is 0 Å². The minimum Gasteiger partial charge on any atom is -0.342 e. The highest BCUT2D eigenvalue weighted by molar-refractivity contribution is 6.31. The number of anilines is 1. The number of benzene rings is 1. The van der Waals surface area contributed by atoms with Gasteiger partial charge in [-0.25, -0.2) is 0 Å². The summed E-state index contributed by atoms with van der Waals surface area (Å²) in [4.78, 5) is 24.4. The Morgan fingerprint density at radius 3 is 2.96 bits per heavy atom. The van der Waals surface area contributed by atoms with Crippen LogP contribution in [0.2, 0.25) is 5.02 Å². The molecule has 1 aromatic rings. The average molecular weight is 337 g/mol. The van der Waals surface area contributed by atoms with Gasteiger partial charge in [0, 0.05) is 17.1 Å². The van der Waals surface area contributed by atoms with Crippen LogP contribution in [-0.2, 0) is 9.59 Å². The van der Waals surface area contributed by atoms with Gasteiger partial charge in [-0.15, -0.1) is 0 Å². The van der Waals surface area contributed by atoms with Crippen LogP contribution in [0.4, 0.5) is 5.69 Å². The summed E-state index contributed by atoms with van der Waals surface area (Å²) >= 11 is 6.07. The number of hydrogen-bond acceptors (Lipinski definition) is 2. The van der Waals surface area contributed by atoms with Crippen LogP contribution in [0.25, 0.3) is 0 Å². The van der Waals surface area contributed by atoms with Gasteiger partial charge < -0.3 is 16.0 Å². The van der Waals surface area contributed by atoms with Crippen LogP contribution >= 0.6 is 11.6 Å². The maximum absolute atomic E-state index is 12.2. The van der Waals surface area contributed by atoms with Gasteiger partial charge in [0.2, 0.25) is 5.91 Å². The molecular formula is C17H23ClN3O2+.